The highest BCUT2D eigenvalue weighted by Crippen LogP contribution is 2.30. The van der Waals surface area contributed by atoms with Crippen LogP contribution in [0.25, 0.3) is 0 Å². The lowest BCUT2D eigenvalue weighted by Crippen LogP contribution is -2.36. The van der Waals surface area contributed by atoms with Crippen molar-refractivity contribution in [2.75, 3.05) is 0 Å². The molecule has 14 heavy (non-hydrogen) atoms. The Kier molecular flexibility index (Phi) is 2.73. The van der Waals surface area contributed by atoms with Crippen molar-refractivity contribution in [1.29, 1.82) is 0 Å². The zero-order valence-electron chi connectivity index (χ0n) is 8.32. The SMILES string of the molecule is NC(Cc1ccc(O)cc1)C1CCC1. The van der Waals surface area contributed by atoms with Crippen molar-refractivity contribution in [3.63, 3.8) is 0 Å². The van der Waals surface area contributed by atoms with E-state index >= 15 is 0 Å². The largest absolute Gasteiger partial charge is 0.508 e. The zero-order valence-corrected chi connectivity index (χ0v) is 8.32. The third-order valence-corrected chi connectivity index (χ3v) is 3.16. The van der Waals surface area contributed by atoms with Crippen molar-refractivity contribution in [2.45, 2.75) is 31.7 Å². The Bertz CT molecular complexity index is 290. The van der Waals surface area contributed by atoms with Crippen LogP contribution in [0.5, 0.6) is 5.75 Å². The topological polar surface area (TPSA) is 46.2 Å². The summed E-state index contributed by atoms with van der Waals surface area (Å²) in [6.45, 7) is 0. The quantitative estimate of drug-likeness (QED) is 0.768. The van der Waals surface area contributed by atoms with Crippen molar-refractivity contribution >= 4 is 0 Å². The molecule has 0 spiro atoms. The summed E-state index contributed by atoms with van der Waals surface area (Å²) < 4.78 is 0. The molecule has 3 N–H and O–H groups in total. The van der Waals surface area contributed by atoms with Gasteiger partial charge in [-0.3, -0.25) is 0 Å². The maximum atomic E-state index is 9.13. The Labute approximate surface area is 84.7 Å². The van der Waals surface area contributed by atoms with E-state index in [1.54, 1.807) is 12.1 Å². The Balaban J connectivity index is 1.92. The van der Waals surface area contributed by atoms with E-state index in [4.69, 9.17) is 10.8 Å². The van der Waals surface area contributed by atoms with Crippen molar-refractivity contribution in [1.82, 2.24) is 0 Å². The van der Waals surface area contributed by atoms with Crippen LogP contribution in [0.1, 0.15) is 24.8 Å². The van der Waals surface area contributed by atoms with Gasteiger partial charge in [0.1, 0.15) is 5.75 Å². The van der Waals surface area contributed by atoms with E-state index in [1.807, 2.05) is 12.1 Å². The molecule has 2 heteroatoms. The van der Waals surface area contributed by atoms with E-state index in [0.717, 1.165) is 12.3 Å². The number of phenols is 1. The van der Waals surface area contributed by atoms with Crippen LogP contribution in [0.15, 0.2) is 24.3 Å². The lowest BCUT2D eigenvalue weighted by atomic mass is 9.78. The number of rotatable bonds is 3. The number of benzene rings is 1. The molecule has 0 radical (unpaired) electrons. The Morgan fingerprint density at radius 1 is 1.29 bits per heavy atom. The van der Waals surface area contributed by atoms with E-state index in [2.05, 4.69) is 0 Å². The third kappa shape index (κ3) is 2.07. The van der Waals surface area contributed by atoms with Gasteiger partial charge in [0.05, 0.1) is 0 Å². The molecule has 2 rings (SSSR count). The average molecular weight is 191 g/mol. The summed E-state index contributed by atoms with van der Waals surface area (Å²) in [6.07, 6.45) is 4.86. The maximum Gasteiger partial charge on any atom is 0.115 e. The molecule has 1 atom stereocenters. The second-order valence-corrected chi connectivity index (χ2v) is 4.23. The van der Waals surface area contributed by atoms with Gasteiger partial charge in [-0.15, -0.1) is 0 Å². The van der Waals surface area contributed by atoms with Gasteiger partial charge in [0.25, 0.3) is 0 Å². The minimum absolute atomic E-state index is 0.299. The summed E-state index contributed by atoms with van der Waals surface area (Å²) in [7, 11) is 0. The number of phenolic OH excluding ortho intramolecular Hbond substituents is 1. The fourth-order valence-corrected chi connectivity index (χ4v) is 1.94. The summed E-state index contributed by atoms with van der Waals surface area (Å²) in [5.74, 6) is 1.05. The molecule has 0 aromatic heterocycles. The van der Waals surface area contributed by atoms with Crippen LogP contribution in [0, 0.1) is 5.92 Å². The third-order valence-electron chi connectivity index (χ3n) is 3.16. The minimum atomic E-state index is 0.299. The van der Waals surface area contributed by atoms with Gasteiger partial charge < -0.3 is 10.8 Å². The van der Waals surface area contributed by atoms with Crippen LogP contribution in [-0.4, -0.2) is 11.1 Å². The second kappa shape index (κ2) is 4.01. The van der Waals surface area contributed by atoms with Gasteiger partial charge in [0.15, 0.2) is 0 Å². The normalized spacial score (nSPS) is 18.9. The highest BCUT2D eigenvalue weighted by molar-refractivity contribution is 5.26. The second-order valence-electron chi connectivity index (χ2n) is 4.23. The summed E-state index contributed by atoms with van der Waals surface area (Å²) in [4.78, 5) is 0. The van der Waals surface area contributed by atoms with Gasteiger partial charge in [0, 0.05) is 6.04 Å². The fraction of sp³-hybridized carbons (Fsp3) is 0.500. The molecule has 1 unspecified atom stereocenters. The van der Waals surface area contributed by atoms with Gasteiger partial charge in [0.2, 0.25) is 0 Å². The van der Waals surface area contributed by atoms with E-state index in [-0.39, 0.29) is 0 Å². The zero-order chi connectivity index (χ0) is 9.97. The molecule has 1 aromatic carbocycles. The predicted octanol–water partition coefficient (Wildman–Crippen LogP) is 2.06. The highest BCUT2D eigenvalue weighted by atomic mass is 16.3. The van der Waals surface area contributed by atoms with Gasteiger partial charge in [-0.1, -0.05) is 18.6 Å². The first-order valence-corrected chi connectivity index (χ1v) is 5.29. The Morgan fingerprint density at radius 2 is 1.93 bits per heavy atom. The van der Waals surface area contributed by atoms with E-state index in [9.17, 15) is 0 Å². The first kappa shape index (κ1) is 9.53. The maximum absolute atomic E-state index is 9.13. The van der Waals surface area contributed by atoms with Crippen LogP contribution in [0.2, 0.25) is 0 Å². The van der Waals surface area contributed by atoms with Crippen molar-refractivity contribution < 1.29 is 5.11 Å². The molecule has 1 saturated carbocycles. The predicted molar refractivity (Wildman–Crippen MR) is 57.1 cm³/mol. The van der Waals surface area contributed by atoms with E-state index in [1.165, 1.54) is 24.8 Å². The molecule has 1 aliphatic rings. The van der Waals surface area contributed by atoms with E-state index in [0.29, 0.717) is 11.8 Å². The van der Waals surface area contributed by atoms with Crippen molar-refractivity contribution in [3.05, 3.63) is 29.8 Å². The molecular formula is C12H17NO. The van der Waals surface area contributed by atoms with Crippen LogP contribution in [0.4, 0.5) is 0 Å². The monoisotopic (exact) mass is 191 g/mol. The van der Waals surface area contributed by atoms with Crippen LogP contribution >= 0.6 is 0 Å². The molecule has 0 aliphatic heterocycles. The molecule has 76 valence electrons. The average Bonchev–Trinajstić information content (AvgIpc) is 2.06. The summed E-state index contributed by atoms with van der Waals surface area (Å²) in [5.41, 5.74) is 7.31. The number of hydrogen-bond donors (Lipinski definition) is 2. The Morgan fingerprint density at radius 3 is 2.43 bits per heavy atom. The van der Waals surface area contributed by atoms with E-state index < -0.39 is 0 Å². The highest BCUT2D eigenvalue weighted by Gasteiger charge is 2.24. The molecule has 0 saturated heterocycles. The minimum Gasteiger partial charge on any atom is -0.508 e. The first-order valence-electron chi connectivity index (χ1n) is 5.29. The smallest absolute Gasteiger partial charge is 0.115 e. The number of aromatic hydroxyl groups is 1. The first-order chi connectivity index (χ1) is 6.75. The molecule has 1 aliphatic carbocycles. The molecule has 0 heterocycles. The summed E-state index contributed by atoms with van der Waals surface area (Å²) >= 11 is 0. The van der Waals surface area contributed by atoms with Crippen molar-refractivity contribution in [3.8, 4) is 5.75 Å². The molecule has 1 aromatic rings. The molecule has 2 nitrogen and oxygen atoms in total. The van der Waals surface area contributed by atoms with Gasteiger partial charge >= 0.3 is 0 Å². The molecule has 0 amide bonds. The number of nitrogens with two attached hydrogens (primary N) is 1. The lowest BCUT2D eigenvalue weighted by Gasteiger charge is -2.31. The van der Waals surface area contributed by atoms with Gasteiger partial charge in [-0.05, 0) is 42.9 Å². The van der Waals surface area contributed by atoms with Gasteiger partial charge in [-0.2, -0.15) is 0 Å². The summed E-state index contributed by atoms with van der Waals surface area (Å²) in [5, 5.41) is 9.13. The van der Waals surface area contributed by atoms with Crippen molar-refractivity contribution in [2.24, 2.45) is 11.7 Å². The summed E-state index contributed by atoms with van der Waals surface area (Å²) in [6, 6.07) is 7.65. The standard InChI is InChI=1S/C12H17NO/c13-12(10-2-1-3-10)8-9-4-6-11(14)7-5-9/h4-7,10,12,14H,1-3,8,13H2. The van der Waals surface area contributed by atoms with Crippen LogP contribution in [-0.2, 0) is 6.42 Å². The molecule has 1 fully saturated rings. The van der Waals surface area contributed by atoms with Crippen LogP contribution in [0.3, 0.4) is 0 Å². The Hall–Kier alpha value is -1.02. The fourth-order valence-electron chi connectivity index (χ4n) is 1.94. The number of hydrogen-bond acceptors (Lipinski definition) is 2. The van der Waals surface area contributed by atoms with Crippen LogP contribution < -0.4 is 5.73 Å². The van der Waals surface area contributed by atoms with Gasteiger partial charge in [-0.25, -0.2) is 0 Å². The molecule has 0 bridgehead atoms. The molecular weight excluding hydrogens is 174 g/mol. The lowest BCUT2D eigenvalue weighted by molar-refractivity contribution is 0.260.